The molecule has 1 aromatic rings. The fourth-order valence-corrected chi connectivity index (χ4v) is 3.44. The van der Waals surface area contributed by atoms with Gasteiger partial charge in [-0.2, -0.15) is 0 Å². The minimum Gasteiger partial charge on any atom is -0.324 e. The summed E-state index contributed by atoms with van der Waals surface area (Å²) in [4.78, 5) is 0. The van der Waals surface area contributed by atoms with E-state index in [1.165, 1.54) is 25.0 Å². The number of hydrogen-bond acceptors (Lipinski definition) is 1. The summed E-state index contributed by atoms with van der Waals surface area (Å²) in [5.41, 5.74) is 7.07. The molecule has 2 rings (SSSR count). The maximum atomic E-state index is 13.3. The van der Waals surface area contributed by atoms with Crippen LogP contribution >= 0.6 is 11.6 Å². The molecule has 1 aliphatic carbocycles. The summed E-state index contributed by atoms with van der Waals surface area (Å²) in [6, 6.07) is 4.33. The molecule has 106 valence electrons. The fraction of sp³-hybridized carbons (Fsp3) is 0.625. The van der Waals surface area contributed by atoms with E-state index in [1.807, 2.05) is 0 Å². The van der Waals surface area contributed by atoms with Crippen LogP contribution in [0, 0.1) is 23.6 Å². The van der Waals surface area contributed by atoms with Gasteiger partial charge in [0.2, 0.25) is 0 Å². The molecule has 1 saturated carbocycles. The predicted molar refractivity (Wildman–Crippen MR) is 78.6 cm³/mol. The first-order chi connectivity index (χ1) is 8.99. The molecule has 1 nitrogen and oxygen atoms in total. The van der Waals surface area contributed by atoms with Crippen LogP contribution in [0.5, 0.6) is 0 Å². The summed E-state index contributed by atoms with van der Waals surface area (Å²) >= 11 is 6.14. The minimum atomic E-state index is -0.259. The summed E-state index contributed by atoms with van der Waals surface area (Å²) in [6.07, 6.45) is 4.69. The molecule has 1 aliphatic rings. The van der Waals surface area contributed by atoms with Crippen LogP contribution in [-0.2, 0) is 0 Å². The van der Waals surface area contributed by atoms with Gasteiger partial charge in [-0.3, -0.25) is 0 Å². The molecule has 2 N–H and O–H groups in total. The van der Waals surface area contributed by atoms with E-state index >= 15 is 0 Å². The number of benzene rings is 1. The molecule has 1 atom stereocenters. The number of rotatable bonds is 3. The van der Waals surface area contributed by atoms with Gasteiger partial charge in [0.15, 0.2) is 0 Å². The van der Waals surface area contributed by atoms with Crippen LogP contribution in [0.25, 0.3) is 0 Å². The SMILES string of the molecule is CC(C)C1CCC(C(N)c2cc(F)ccc2Cl)CC1. The molecule has 1 aromatic carbocycles. The molecule has 3 heteroatoms. The average Bonchev–Trinajstić information content (AvgIpc) is 2.41. The second kappa shape index (κ2) is 6.23. The largest absolute Gasteiger partial charge is 0.324 e. The van der Waals surface area contributed by atoms with Crippen molar-refractivity contribution >= 4 is 11.6 Å². The number of halogens is 2. The van der Waals surface area contributed by atoms with Crippen LogP contribution in [0.4, 0.5) is 4.39 Å². The quantitative estimate of drug-likeness (QED) is 0.835. The van der Waals surface area contributed by atoms with E-state index in [9.17, 15) is 4.39 Å². The van der Waals surface area contributed by atoms with E-state index in [-0.39, 0.29) is 11.9 Å². The molecule has 0 bridgehead atoms. The lowest BCUT2D eigenvalue weighted by Gasteiger charge is -2.34. The van der Waals surface area contributed by atoms with Crippen molar-refractivity contribution in [2.45, 2.75) is 45.6 Å². The lowest BCUT2D eigenvalue weighted by atomic mass is 9.73. The first kappa shape index (κ1) is 14.8. The van der Waals surface area contributed by atoms with E-state index in [4.69, 9.17) is 17.3 Å². The first-order valence-electron chi connectivity index (χ1n) is 7.19. The lowest BCUT2D eigenvalue weighted by Crippen LogP contribution is -2.27. The van der Waals surface area contributed by atoms with Gasteiger partial charge in [0.05, 0.1) is 0 Å². The van der Waals surface area contributed by atoms with Gasteiger partial charge in [0.1, 0.15) is 5.82 Å². The number of hydrogen-bond donors (Lipinski definition) is 1. The topological polar surface area (TPSA) is 26.0 Å². The van der Waals surface area contributed by atoms with Gasteiger partial charge >= 0.3 is 0 Å². The highest BCUT2D eigenvalue weighted by molar-refractivity contribution is 6.31. The summed E-state index contributed by atoms with van der Waals surface area (Å²) in [5.74, 6) is 1.72. The van der Waals surface area contributed by atoms with Crippen molar-refractivity contribution in [3.63, 3.8) is 0 Å². The Labute approximate surface area is 120 Å². The van der Waals surface area contributed by atoms with Crippen LogP contribution in [0.15, 0.2) is 18.2 Å². The molecule has 0 radical (unpaired) electrons. The minimum absolute atomic E-state index is 0.142. The molecule has 0 heterocycles. The van der Waals surface area contributed by atoms with E-state index < -0.39 is 0 Å². The third-order valence-corrected chi connectivity index (χ3v) is 4.93. The van der Waals surface area contributed by atoms with Gasteiger partial charge in [-0.1, -0.05) is 25.4 Å². The molecular formula is C16H23ClFN. The Bertz CT molecular complexity index is 425. The molecule has 1 unspecified atom stereocenters. The van der Waals surface area contributed by atoms with E-state index in [0.29, 0.717) is 10.9 Å². The zero-order valence-electron chi connectivity index (χ0n) is 11.7. The molecule has 0 amide bonds. The van der Waals surface area contributed by atoms with Crippen LogP contribution in [0.1, 0.15) is 51.1 Å². The Morgan fingerprint density at radius 2 is 1.74 bits per heavy atom. The normalized spacial score (nSPS) is 25.6. The third kappa shape index (κ3) is 3.49. The lowest BCUT2D eigenvalue weighted by molar-refractivity contribution is 0.203. The molecule has 0 aliphatic heterocycles. The van der Waals surface area contributed by atoms with Crippen molar-refractivity contribution in [2.75, 3.05) is 0 Å². The van der Waals surface area contributed by atoms with Crippen molar-refractivity contribution in [3.05, 3.63) is 34.6 Å². The zero-order chi connectivity index (χ0) is 14.0. The maximum absolute atomic E-state index is 13.3. The Hall–Kier alpha value is -0.600. The third-order valence-electron chi connectivity index (χ3n) is 4.58. The monoisotopic (exact) mass is 283 g/mol. The van der Waals surface area contributed by atoms with Crippen molar-refractivity contribution in [3.8, 4) is 0 Å². The van der Waals surface area contributed by atoms with Crippen molar-refractivity contribution in [1.82, 2.24) is 0 Å². The van der Waals surface area contributed by atoms with E-state index in [0.717, 1.165) is 30.2 Å². The van der Waals surface area contributed by atoms with Crippen LogP contribution in [0.2, 0.25) is 5.02 Å². The first-order valence-corrected chi connectivity index (χ1v) is 7.57. The molecule has 19 heavy (non-hydrogen) atoms. The van der Waals surface area contributed by atoms with Gasteiger partial charge in [-0.15, -0.1) is 0 Å². The van der Waals surface area contributed by atoms with Crippen molar-refractivity contribution in [2.24, 2.45) is 23.5 Å². The molecule has 0 spiro atoms. The summed E-state index contributed by atoms with van der Waals surface area (Å²) in [7, 11) is 0. The Morgan fingerprint density at radius 1 is 1.16 bits per heavy atom. The average molecular weight is 284 g/mol. The maximum Gasteiger partial charge on any atom is 0.123 e. The van der Waals surface area contributed by atoms with Gasteiger partial charge in [-0.05, 0) is 67.2 Å². The zero-order valence-corrected chi connectivity index (χ0v) is 12.5. The van der Waals surface area contributed by atoms with E-state index in [2.05, 4.69) is 13.8 Å². The summed E-state index contributed by atoms with van der Waals surface area (Å²) in [6.45, 7) is 4.57. The summed E-state index contributed by atoms with van der Waals surface area (Å²) < 4.78 is 13.3. The second-order valence-electron chi connectivity index (χ2n) is 6.11. The molecular weight excluding hydrogens is 261 g/mol. The highest BCUT2D eigenvalue weighted by Crippen LogP contribution is 2.39. The Morgan fingerprint density at radius 3 is 2.32 bits per heavy atom. The highest BCUT2D eigenvalue weighted by Gasteiger charge is 2.28. The van der Waals surface area contributed by atoms with Gasteiger partial charge in [-0.25, -0.2) is 4.39 Å². The van der Waals surface area contributed by atoms with Crippen LogP contribution in [-0.4, -0.2) is 0 Å². The fourth-order valence-electron chi connectivity index (χ4n) is 3.19. The highest BCUT2D eigenvalue weighted by atomic mass is 35.5. The molecule has 0 aromatic heterocycles. The standard InChI is InChI=1S/C16H23ClFN/c1-10(2)11-3-5-12(6-4-11)16(19)14-9-13(18)7-8-15(14)17/h7-12,16H,3-6,19H2,1-2H3. The second-order valence-corrected chi connectivity index (χ2v) is 6.52. The Kier molecular flexibility index (Phi) is 4.86. The van der Waals surface area contributed by atoms with Crippen molar-refractivity contribution in [1.29, 1.82) is 0 Å². The smallest absolute Gasteiger partial charge is 0.123 e. The van der Waals surface area contributed by atoms with Gasteiger partial charge < -0.3 is 5.73 Å². The van der Waals surface area contributed by atoms with E-state index in [1.54, 1.807) is 6.07 Å². The predicted octanol–water partition coefficient (Wildman–Crippen LogP) is 4.94. The Balaban J connectivity index is 2.05. The molecule has 0 saturated heterocycles. The van der Waals surface area contributed by atoms with Crippen LogP contribution in [0.3, 0.4) is 0 Å². The van der Waals surface area contributed by atoms with Gasteiger partial charge in [0.25, 0.3) is 0 Å². The molecule has 1 fully saturated rings. The van der Waals surface area contributed by atoms with Gasteiger partial charge in [0, 0.05) is 11.1 Å². The van der Waals surface area contributed by atoms with Crippen molar-refractivity contribution < 1.29 is 4.39 Å². The summed E-state index contributed by atoms with van der Waals surface area (Å²) in [5, 5.41) is 0.583. The van der Waals surface area contributed by atoms with Crippen LogP contribution < -0.4 is 5.73 Å². The number of nitrogens with two attached hydrogens (primary N) is 1.